The van der Waals surface area contributed by atoms with E-state index < -0.39 is 18.0 Å². The molecule has 0 bridgehead atoms. The molecule has 0 aliphatic rings. The number of hydrogen-bond donors (Lipinski definition) is 1. The van der Waals surface area contributed by atoms with E-state index in [2.05, 4.69) is 14.8 Å². The van der Waals surface area contributed by atoms with Crippen LogP contribution in [0.1, 0.15) is 26.2 Å². The third-order valence-electron chi connectivity index (χ3n) is 2.01. The molecule has 0 saturated heterocycles. The first kappa shape index (κ1) is 14.4. The molecule has 1 amide bonds. The maximum Gasteiger partial charge on any atom is 0.328 e. The van der Waals surface area contributed by atoms with Crippen molar-refractivity contribution in [3.63, 3.8) is 0 Å². The molecule has 0 aromatic carbocycles. The Morgan fingerprint density at radius 2 is 1.75 bits per heavy atom. The average Bonchev–Trinajstić information content (AvgIpc) is 2.31. The number of esters is 2. The predicted molar refractivity (Wildman–Crippen MR) is 55.5 cm³/mol. The fourth-order valence-electron chi connectivity index (χ4n) is 1.05. The molecule has 6 heteroatoms. The lowest BCUT2D eigenvalue weighted by Crippen LogP contribution is -2.41. The lowest BCUT2D eigenvalue weighted by molar-refractivity contribution is -0.145. The third-order valence-corrected chi connectivity index (χ3v) is 2.01. The Morgan fingerprint density at radius 3 is 2.19 bits per heavy atom. The van der Waals surface area contributed by atoms with Crippen LogP contribution >= 0.6 is 0 Å². The molecule has 16 heavy (non-hydrogen) atoms. The van der Waals surface area contributed by atoms with Crippen molar-refractivity contribution in [2.45, 2.75) is 32.2 Å². The molecular weight excluding hydrogens is 214 g/mol. The maximum absolute atomic E-state index is 11.3. The normalized spacial score (nSPS) is 11.4. The smallest absolute Gasteiger partial charge is 0.328 e. The summed E-state index contributed by atoms with van der Waals surface area (Å²) in [6, 6.07) is -0.657. The van der Waals surface area contributed by atoms with Crippen molar-refractivity contribution in [1.29, 1.82) is 0 Å². The minimum absolute atomic E-state index is 0.0000593. The Bertz CT molecular complexity index is 264. The van der Waals surface area contributed by atoms with Crippen LogP contribution in [0.25, 0.3) is 0 Å². The van der Waals surface area contributed by atoms with Crippen molar-refractivity contribution in [2.24, 2.45) is 0 Å². The summed E-state index contributed by atoms with van der Waals surface area (Å²) in [5.74, 6) is -1.32. The SMILES string of the molecule is CC[C@@H](NC(=O)CCC(=O)OC)C(=O)OC. The van der Waals surface area contributed by atoms with Crippen LogP contribution < -0.4 is 5.32 Å². The molecule has 1 atom stereocenters. The Hall–Kier alpha value is -1.59. The van der Waals surface area contributed by atoms with E-state index in [1.165, 1.54) is 14.2 Å². The second kappa shape index (κ2) is 7.67. The largest absolute Gasteiger partial charge is 0.469 e. The fourth-order valence-corrected chi connectivity index (χ4v) is 1.05. The predicted octanol–water partition coefficient (Wildman–Crippen LogP) is 0.00740. The van der Waals surface area contributed by atoms with Gasteiger partial charge in [-0.3, -0.25) is 9.59 Å². The third kappa shape index (κ3) is 5.33. The molecule has 0 saturated carbocycles. The topological polar surface area (TPSA) is 81.7 Å². The van der Waals surface area contributed by atoms with E-state index in [4.69, 9.17) is 0 Å². The standard InChI is InChI=1S/C10H17NO5/c1-4-7(10(14)16-3)11-8(12)5-6-9(13)15-2/h7H,4-6H2,1-3H3,(H,11,12)/t7-/m1/s1. The van der Waals surface area contributed by atoms with E-state index in [1.54, 1.807) is 6.92 Å². The van der Waals surface area contributed by atoms with Gasteiger partial charge in [0.05, 0.1) is 20.6 Å². The second-order valence-electron chi connectivity index (χ2n) is 3.13. The summed E-state index contributed by atoms with van der Waals surface area (Å²) in [5.41, 5.74) is 0. The van der Waals surface area contributed by atoms with E-state index in [1.807, 2.05) is 0 Å². The van der Waals surface area contributed by atoms with Crippen molar-refractivity contribution in [1.82, 2.24) is 5.32 Å². The van der Waals surface area contributed by atoms with Crippen LogP contribution in [-0.4, -0.2) is 38.1 Å². The zero-order valence-corrected chi connectivity index (χ0v) is 9.74. The van der Waals surface area contributed by atoms with Crippen LogP contribution in [0.15, 0.2) is 0 Å². The number of rotatable bonds is 6. The van der Waals surface area contributed by atoms with Crippen LogP contribution in [0.4, 0.5) is 0 Å². The molecule has 0 aromatic heterocycles. The molecule has 0 unspecified atom stereocenters. The molecule has 6 nitrogen and oxygen atoms in total. The van der Waals surface area contributed by atoms with Crippen LogP contribution in [0, 0.1) is 0 Å². The van der Waals surface area contributed by atoms with Gasteiger partial charge in [-0.1, -0.05) is 6.92 Å². The molecule has 0 aliphatic carbocycles. The lowest BCUT2D eigenvalue weighted by Gasteiger charge is -2.13. The van der Waals surface area contributed by atoms with Gasteiger partial charge in [-0.15, -0.1) is 0 Å². The summed E-state index contributed by atoms with van der Waals surface area (Å²) < 4.78 is 8.90. The number of carbonyl (C=O) groups excluding carboxylic acids is 3. The quantitative estimate of drug-likeness (QED) is 0.651. The van der Waals surface area contributed by atoms with Crippen molar-refractivity contribution in [3.05, 3.63) is 0 Å². The zero-order chi connectivity index (χ0) is 12.6. The van der Waals surface area contributed by atoms with Crippen molar-refractivity contribution >= 4 is 17.8 Å². The van der Waals surface area contributed by atoms with Crippen molar-refractivity contribution in [3.8, 4) is 0 Å². The van der Waals surface area contributed by atoms with Gasteiger partial charge in [-0.05, 0) is 6.42 Å². The van der Waals surface area contributed by atoms with Crippen LogP contribution in [-0.2, 0) is 23.9 Å². The van der Waals surface area contributed by atoms with Crippen LogP contribution in [0.5, 0.6) is 0 Å². The number of methoxy groups -OCH3 is 2. The number of hydrogen-bond acceptors (Lipinski definition) is 5. The highest BCUT2D eigenvalue weighted by Crippen LogP contribution is 1.97. The van der Waals surface area contributed by atoms with Gasteiger partial charge in [0.15, 0.2) is 0 Å². The van der Waals surface area contributed by atoms with Gasteiger partial charge < -0.3 is 14.8 Å². The van der Waals surface area contributed by atoms with Crippen LogP contribution in [0.3, 0.4) is 0 Å². The fraction of sp³-hybridized carbons (Fsp3) is 0.700. The molecule has 92 valence electrons. The summed E-state index contributed by atoms with van der Waals surface area (Å²) in [7, 11) is 2.51. The molecule has 0 rings (SSSR count). The van der Waals surface area contributed by atoms with Crippen LogP contribution in [0.2, 0.25) is 0 Å². The number of ether oxygens (including phenoxy) is 2. The van der Waals surface area contributed by atoms with Gasteiger partial charge in [0.2, 0.25) is 5.91 Å². The maximum atomic E-state index is 11.3. The molecule has 0 aliphatic heterocycles. The average molecular weight is 231 g/mol. The number of nitrogens with one attached hydrogen (secondary N) is 1. The molecule has 0 spiro atoms. The summed E-state index contributed by atoms with van der Waals surface area (Å²) in [6.45, 7) is 1.75. The van der Waals surface area contributed by atoms with Gasteiger partial charge in [0.1, 0.15) is 6.04 Å². The van der Waals surface area contributed by atoms with E-state index in [-0.39, 0.29) is 18.7 Å². The zero-order valence-electron chi connectivity index (χ0n) is 9.74. The number of amides is 1. The Labute approximate surface area is 94.3 Å². The summed E-state index contributed by atoms with van der Waals surface area (Å²) in [4.78, 5) is 33.2. The summed E-state index contributed by atoms with van der Waals surface area (Å²) >= 11 is 0. The first-order chi connectivity index (χ1) is 7.54. The van der Waals surface area contributed by atoms with E-state index in [0.29, 0.717) is 6.42 Å². The Kier molecular flexibility index (Phi) is 6.91. The Balaban J connectivity index is 4.01. The Morgan fingerprint density at radius 1 is 1.12 bits per heavy atom. The van der Waals surface area contributed by atoms with Gasteiger partial charge in [0.25, 0.3) is 0 Å². The monoisotopic (exact) mass is 231 g/mol. The number of carbonyl (C=O) groups is 3. The van der Waals surface area contributed by atoms with Gasteiger partial charge in [-0.2, -0.15) is 0 Å². The summed E-state index contributed by atoms with van der Waals surface area (Å²) in [6.07, 6.45) is 0.441. The first-order valence-electron chi connectivity index (χ1n) is 4.99. The minimum Gasteiger partial charge on any atom is -0.469 e. The highest BCUT2D eigenvalue weighted by Gasteiger charge is 2.19. The summed E-state index contributed by atoms with van der Waals surface area (Å²) in [5, 5.41) is 2.48. The van der Waals surface area contributed by atoms with E-state index in [0.717, 1.165) is 0 Å². The van der Waals surface area contributed by atoms with Crippen molar-refractivity contribution in [2.75, 3.05) is 14.2 Å². The lowest BCUT2D eigenvalue weighted by atomic mass is 10.2. The molecule has 0 aromatic rings. The molecule has 0 fully saturated rings. The highest BCUT2D eigenvalue weighted by atomic mass is 16.5. The van der Waals surface area contributed by atoms with Gasteiger partial charge in [-0.25, -0.2) is 4.79 Å². The van der Waals surface area contributed by atoms with E-state index in [9.17, 15) is 14.4 Å². The van der Waals surface area contributed by atoms with Gasteiger partial charge in [0, 0.05) is 6.42 Å². The van der Waals surface area contributed by atoms with Gasteiger partial charge >= 0.3 is 11.9 Å². The second-order valence-corrected chi connectivity index (χ2v) is 3.13. The minimum atomic E-state index is -0.657. The highest BCUT2D eigenvalue weighted by molar-refractivity contribution is 5.86. The van der Waals surface area contributed by atoms with Crippen molar-refractivity contribution < 1.29 is 23.9 Å². The molecule has 0 heterocycles. The van der Waals surface area contributed by atoms with E-state index >= 15 is 0 Å². The molecule has 0 radical (unpaired) electrons. The first-order valence-corrected chi connectivity index (χ1v) is 4.99. The molecular formula is C10H17NO5. The molecule has 1 N–H and O–H groups in total.